The molecule has 3 fully saturated rings. The summed E-state index contributed by atoms with van der Waals surface area (Å²) in [5, 5.41) is 0. The second-order valence-electron chi connectivity index (χ2n) is 8.61. The van der Waals surface area contributed by atoms with Gasteiger partial charge in [-0.2, -0.15) is 13.2 Å². The van der Waals surface area contributed by atoms with Gasteiger partial charge >= 0.3 is 12.1 Å². The predicted octanol–water partition coefficient (Wildman–Crippen LogP) is 4.06. The molecule has 0 bridgehead atoms. The molecular formula is C21H24F3NO3. The van der Waals surface area contributed by atoms with Crippen LogP contribution in [0.4, 0.5) is 13.2 Å². The first-order valence-corrected chi connectivity index (χ1v) is 9.79. The quantitative estimate of drug-likeness (QED) is 0.710. The van der Waals surface area contributed by atoms with Crippen LogP contribution in [0.15, 0.2) is 18.2 Å². The van der Waals surface area contributed by atoms with Gasteiger partial charge in [0.15, 0.2) is 0 Å². The minimum absolute atomic E-state index is 0.0416. The molecule has 0 N–H and O–H groups in total. The zero-order valence-corrected chi connectivity index (χ0v) is 15.8. The highest BCUT2D eigenvalue weighted by molar-refractivity contribution is 5.81. The van der Waals surface area contributed by atoms with E-state index in [1.165, 1.54) is 12.1 Å². The Kier molecular flexibility index (Phi) is 4.67. The fourth-order valence-electron chi connectivity index (χ4n) is 4.99. The molecule has 3 aliphatic rings. The average molecular weight is 395 g/mol. The number of alkyl halides is 3. The molecule has 2 saturated heterocycles. The lowest BCUT2D eigenvalue weighted by molar-refractivity contribution is -0.144. The zero-order valence-electron chi connectivity index (χ0n) is 15.8. The molecule has 4 rings (SSSR count). The van der Waals surface area contributed by atoms with Crippen LogP contribution in [0.5, 0.6) is 0 Å². The molecule has 0 unspecified atom stereocenters. The van der Waals surface area contributed by atoms with E-state index >= 15 is 0 Å². The highest BCUT2D eigenvalue weighted by Gasteiger charge is 2.53. The van der Waals surface area contributed by atoms with Crippen molar-refractivity contribution in [2.45, 2.75) is 51.1 Å². The Balaban J connectivity index is 1.35. The van der Waals surface area contributed by atoms with E-state index in [2.05, 4.69) is 0 Å². The Morgan fingerprint density at radius 2 is 1.89 bits per heavy atom. The summed E-state index contributed by atoms with van der Waals surface area (Å²) in [4.78, 5) is 25.9. The molecule has 7 heteroatoms. The van der Waals surface area contributed by atoms with Crippen molar-refractivity contribution in [3.05, 3.63) is 34.9 Å². The van der Waals surface area contributed by atoms with Crippen molar-refractivity contribution >= 4 is 11.9 Å². The molecule has 0 radical (unpaired) electrons. The third-order valence-corrected chi connectivity index (χ3v) is 6.62. The molecule has 28 heavy (non-hydrogen) atoms. The molecule has 1 aromatic rings. The number of carbonyl (C=O) groups is 2. The van der Waals surface area contributed by atoms with Crippen molar-refractivity contribution in [3.63, 3.8) is 0 Å². The van der Waals surface area contributed by atoms with Gasteiger partial charge in [-0.05, 0) is 61.8 Å². The molecule has 0 aromatic heterocycles. The minimum atomic E-state index is -4.34. The van der Waals surface area contributed by atoms with E-state index in [9.17, 15) is 22.8 Å². The number of halogens is 3. The maximum atomic E-state index is 13.0. The molecular weight excluding hydrogens is 371 g/mol. The summed E-state index contributed by atoms with van der Waals surface area (Å²) in [6.07, 6.45) is -1.19. The monoisotopic (exact) mass is 395 g/mol. The second-order valence-corrected chi connectivity index (χ2v) is 8.61. The van der Waals surface area contributed by atoms with Crippen molar-refractivity contribution < 1.29 is 27.5 Å². The molecule has 152 valence electrons. The van der Waals surface area contributed by atoms with Crippen LogP contribution in [0.2, 0.25) is 0 Å². The summed E-state index contributed by atoms with van der Waals surface area (Å²) < 4.78 is 44.2. The summed E-state index contributed by atoms with van der Waals surface area (Å²) in [5.41, 5.74) is 0.862. The van der Waals surface area contributed by atoms with E-state index in [0.29, 0.717) is 51.8 Å². The standard InChI is InChI=1S/C21H24F3NO3/c1-13-2-3-16(21(22,23)24)8-17(13)14-4-6-25(7-5-14)19(27)15-9-20(10-15)11-18(26)28-12-20/h2-3,8,14-15H,4-7,9-12H2,1H3. The smallest absolute Gasteiger partial charge is 0.416 e. The number of hydrogen-bond donors (Lipinski definition) is 0. The lowest BCUT2D eigenvalue weighted by atomic mass is 9.61. The number of esters is 1. The third kappa shape index (κ3) is 3.51. The second kappa shape index (κ2) is 6.78. The lowest BCUT2D eigenvalue weighted by Gasteiger charge is -2.45. The van der Waals surface area contributed by atoms with Gasteiger partial charge in [-0.15, -0.1) is 0 Å². The van der Waals surface area contributed by atoms with Crippen LogP contribution < -0.4 is 0 Å². The highest BCUT2D eigenvalue weighted by atomic mass is 19.4. The topological polar surface area (TPSA) is 46.6 Å². The molecule has 1 spiro atoms. The van der Waals surface area contributed by atoms with E-state index in [-0.39, 0.29) is 29.1 Å². The van der Waals surface area contributed by atoms with Gasteiger partial charge in [-0.1, -0.05) is 6.07 Å². The summed E-state index contributed by atoms with van der Waals surface area (Å²) in [5.74, 6) is -0.0753. The number of piperidine rings is 1. The number of ether oxygens (including phenoxy) is 1. The van der Waals surface area contributed by atoms with E-state index in [1.54, 1.807) is 0 Å². The van der Waals surface area contributed by atoms with Crippen LogP contribution in [-0.4, -0.2) is 36.5 Å². The number of hydrogen-bond acceptors (Lipinski definition) is 3. The van der Waals surface area contributed by atoms with Crippen LogP contribution in [-0.2, 0) is 20.5 Å². The van der Waals surface area contributed by atoms with Crippen LogP contribution in [0.3, 0.4) is 0 Å². The molecule has 1 aliphatic carbocycles. The number of cyclic esters (lactones) is 1. The molecule has 2 aliphatic heterocycles. The van der Waals surface area contributed by atoms with E-state index in [0.717, 1.165) is 17.2 Å². The predicted molar refractivity (Wildman–Crippen MR) is 95.5 cm³/mol. The summed E-state index contributed by atoms with van der Waals surface area (Å²) in [7, 11) is 0. The van der Waals surface area contributed by atoms with Gasteiger partial charge in [-0.3, -0.25) is 9.59 Å². The van der Waals surface area contributed by atoms with Crippen LogP contribution in [0.25, 0.3) is 0 Å². The van der Waals surface area contributed by atoms with E-state index in [4.69, 9.17) is 4.74 Å². The maximum absolute atomic E-state index is 13.0. The van der Waals surface area contributed by atoms with E-state index < -0.39 is 11.7 Å². The number of nitrogens with zero attached hydrogens (tertiary/aromatic N) is 1. The van der Waals surface area contributed by atoms with Gasteiger partial charge in [-0.25, -0.2) is 0 Å². The van der Waals surface area contributed by atoms with Crippen molar-refractivity contribution in [3.8, 4) is 0 Å². The fraction of sp³-hybridized carbons (Fsp3) is 0.619. The third-order valence-electron chi connectivity index (χ3n) is 6.62. The van der Waals surface area contributed by atoms with Crippen LogP contribution in [0, 0.1) is 18.3 Å². The van der Waals surface area contributed by atoms with E-state index in [1.807, 2.05) is 11.8 Å². The first-order chi connectivity index (χ1) is 13.2. The number of likely N-dealkylation sites (tertiary alicyclic amines) is 1. The number of aryl methyl sites for hydroxylation is 1. The highest BCUT2D eigenvalue weighted by Crippen LogP contribution is 2.52. The van der Waals surface area contributed by atoms with Crippen molar-refractivity contribution in [1.29, 1.82) is 0 Å². The number of carbonyl (C=O) groups excluding carboxylic acids is 2. The molecule has 1 aromatic carbocycles. The molecule has 2 heterocycles. The Morgan fingerprint density at radius 1 is 1.21 bits per heavy atom. The first kappa shape index (κ1) is 19.3. The Labute approximate surface area is 162 Å². The zero-order chi connectivity index (χ0) is 20.1. The number of rotatable bonds is 2. The lowest BCUT2D eigenvalue weighted by Crippen LogP contribution is -2.49. The normalized spacial score (nSPS) is 28.4. The van der Waals surface area contributed by atoms with Crippen molar-refractivity contribution in [1.82, 2.24) is 4.90 Å². The molecule has 4 nitrogen and oxygen atoms in total. The first-order valence-electron chi connectivity index (χ1n) is 9.79. The molecule has 1 saturated carbocycles. The van der Waals surface area contributed by atoms with Gasteiger partial charge in [0.25, 0.3) is 0 Å². The Morgan fingerprint density at radius 3 is 2.46 bits per heavy atom. The van der Waals surface area contributed by atoms with Gasteiger partial charge in [0, 0.05) is 24.4 Å². The number of amides is 1. The van der Waals surface area contributed by atoms with Gasteiger partial charge in [0.05, 0.1) is 18.6 Å². The van der Waals surface area contributed by atoms with Crippen molar-refractivity contribution in [2.24, 2.45) is 11.3 Å². The summed E-state index contributed by atoms with van der Waals surface area (Å²) in [6, 6.07) is 3.93. The SMILES string of the molecule is Cc1ccc(C(F)(F)F)cc1C1CCN(C(=O)C2CC3(COC(=O)C3)C2)CC1. The summed E-state index contributed by atoms with van der Waals surface area (Å²) >= 11 is 0. The average Bonchev–Trinajstić information content (AvgIpc) is 3.02. The maximum Gasteiger partial charge on any atom is 0.416 e. The molecule has 0 atom stereocenters. The largest absolute Gasteiger partial charge is 0.465 e. The fourth-order valence-corrected chi connectivity index (χ4v) is 4.99. The van der Waals surface area contributed by atoms with Gasteiger partial charge in [0.1, 0.15) is 0 Å². The van der Waals surface area contributed by atoms with Gasteiger partial charge in [0.2, 0.25) is 5.91 Å². The van der Waals surface area contributed by atoms with Crippen molar-refractivity contribution in [2.75, 3.05) is 19.7 Å². The minimum Gasteiger partial charge on any atom is -0.465 e. The summed E-state index contributed by atoms with van der Waals surface area (Å²) in [6.45, 7) is 3.40. The van der Waals surface area contributed by atoms with Crippen LogP contribution in [0.1, 0.15) is 54.7 Å². The Hall–Kier alpha value is -2.05. The molecule has 1 amide bonds. The van der Waals surface area contributed by atoms with Crippen LogP contribution >= 0.6 is 0 Å². The van der Waals surface area contributed by atoms with Gasteiger partial charge < -0.3 is 9.64 Å². The number of benzene rings is 1. The Bertz CT molecular complexity index is 791.